The molecular weight excluding hydrogens is 410 g/mol. The number of hydrogen-bond donors (Lipinski definition) is 0. The molecule has 3 aromatic heterocycles. The molecule has 4 heterocycles. The molecule has 162 valence electrons. The van der Waals surface area contributed by atoms with Crippen LogP contribution in [0.15, 0.2) is 48.9 Å². The summed E-state index contributed by atoms with van der Waals surface area (Å²) < 4.78 is 5.43. The van der Waals surface area contributed by atoms with Crippen molar-refractivity contribution < 1.29 is 9.53 Å². The minimum absolute atomic E-state index is 0.0240. The van der Waals surface area contributed by atoms with Crippen LogP contribution in [0.4, 0.5) is 0 Å². The first kappa shape index (κ1) is 21.5. The molecule has 1 amide bonds. The van der Waals surface area contributed by atoms with Gasteiger partial charge in [0.2, 0.25) is 0 Å². The van der Waals surface area contributed by atoms with Gasteiger partial charge in [0.25, 0.3) is 5.91 Å². The summed E-state index contributed by atoms with van der Waals surface area (Å²) in [6.07, 6.45) is 6.20. The van der Waals surface area contributed by atoms with Gasteiger partial charge in [-0.2, -0.15) is 0 Å². The number of pyridine rings is 2. The van der Waals surface area contributed by atoms with Crippen molar-refractivity contribution in [3.8, 4) is 10.7 Å². The van der Waals surface area contributed by atoms with E-state index >= 15 is 0 Å². The fourth-order valence-corrected chi connectivity index (χ4v) is 4.62. The topological polar surface area (TPSA) is 71.5 Å². The van der Waals surface area contributed by atoms with E-state index in [-0.39, 0.29) is 5.91 Å². The quantitative estimate of drug-likeness (QED) is 0.539. The van der Waals surface area contributed by atoms with E-state index in [4.69, 9.17) is 4.74 Å². The molecule has 8 heteroatoms. The lowest BCUT2D eigenvalue weighted by Gasteiger charge is -2.28. The monoisotopic (exact) mass is 437 g/mol. The molecule has 0 aromatic carbocycles. The van der Waals surface area contributed by atoms with Gasteiger partial charge in [-0.25, -0.2) is 4.98 Å². The number of ether oxygens (including phenoxy) is 1. The number of aryl methyl sites for hydroxylation is 1. The molecule has 3 aromatic rings. The maximum Gasteiger partial charge on any atom is 0.266 e. The van der Waals surface area contributed by atoms with Gasteiger partial charge in [0.15, 0.2) is 0 Å². The van der Waals surface area contributed by atoms with Crippen LogP contribution in [-0.2, 0) is 11.3 Å². The van der Waals surface area contributed by atoms with Crippen molar-refractivity contribution in [3.63, 3.8) is 0 Å². The normalized spacial score (nSPS) is 14.5. The molecule has 1 fully saturated rings. The predicted octanol–water partition coefficient (Wildman–Crippen LogP) is 3.27. The third-order valence-electron chi connectivity index (χ3n) is 5.29. The van der Waals surface area contributed by atoms with Crippen molar-refractivity contribution in [2.75, 3.05) is 39.4 Å². The summed E-state index contributed by atoms with van der Waals surface area (Å²) in [5, 5.41) is 0.777. The van der Waals surface area contributed by atoms with E-state index in [1.165, 1.54) is 11.3 Å². The molecule has 1 saturated heterocycles. The first-order valence-electron chi connectivity index (χ1n) is 10.6. The second-order valence-electron chi connectivity index (χ2n) is 7.54. The minimum atomic E-state index is 0.0240. The molecule has 0 unspecified atom stereocenters. The molecule has 0 spiro atoms. The van der Waals surface area contributed by atoms with Crippen molar-refractivity contribution in [3.05, 3.63) is 65.1 Å². The Kier molecular flexibility index (Phi) is 7.35. The number of hydrogen-bond acceptors (Lipinski definition) is 7. The molecular formula is C23H27N5O2S. The molecule has 0 atom stereocenters. The Labute approximate surface area is 186 Å². The van der Waals surface area contributed by atoms with Gasteiger partial charge in [-0.15, -0.1) is 11.3 Å². The highest BCUT2D eigenvalue weighted by atomic mass is 32.1. The zero-order valence-corrected chi connectivity index (χ0v) is 18.6. The van der Waals surface area contributed by atoms with Gasteiger partial charge in [0, 0.05) is 51.3 Å². The molecule has 4 rings (SSSR count). The number of morpholine rings is 1. The number of rotatable bonds is 8. The maximum absolute atomic E-state index is 13.5. The summed E-state index contributed by atoms with van der Waals surface area (Å²) in [5.74, 6) is 0.0240. The molecule has 0 bridgehead atoms. The zero-order valence-electron chi connectivity index (χ0n) is 17.7. The van der Waals surface area contributed by atoms with E-state index in [9.17, 15) is 4.79 Å². The lowest BCUT2D eigenvalue weighted by atomic mass is 10.2. The van der Waals surface area contributed by atoms with E-state index in [0.29, 0.717) is 18.0 Å². The average molecular weight is 438 g/mol. The van der Waals surface area contributed by atoms with E-state index in [0.717, 1.165) is 61.2 Å². The van der Waals surface area contributed by atoms with Crippen molar-refractivity contribution >= 4 is 17.2 Å². The van der Waals surface area contributed by atoms with Gasteiger partial charge in [-0.1, -0.05) is 6.07 Å². The van der Waals surface area contributed by atoms with Crippen molar-refractivity contribution in [1.29, 1.82) is 0 Å². The van der Waals surface area contributed by atoms with Crippen LogP contribution in [0.5, 0.6) is 0 Å². The van der Waals surface area contributed by atoms with Crippen LogP contribution >= 0.6 is 11.3 Å². The first-order valence-corrected chi connectivity index (χ1v) is 11.4. The number of thiazole rings is 1. The van der Waals surface area contributed by atoms with Crippen molar-refractivity contribution in [1.82, 2.24) is 24.8 Å². The number of aromatic nitrogens is 3. The zero-order chi connectivity index (χ0) is 21.5. The third kappa shape index (κ3) is 5.72. The molecule has 1 aliphatic rings. The molecule has 31 heavy (non-hydrogen) atoms. The third-order valence-corrected chi connectivity index (χ3v) is 6.46. The van der Waals surface area contributed by atoms with E-state index < -0.39 is 0 Å². The Hall–Kier alpha value is -2.68. The Morgan fingerprint density at radius 1 is 1.16 bits per heavy atom. The molecule has 0 saturated carbocycles. The van der Waals surface area contributed by atoms with Crippen LogP contribution < -0.4 is 0 Å². The number of carbonyl (C=O) groups is 1. The highest BCUT2D eigenvalue weighted by Gasteiger charge is 2.23. The van der Waals surface area contributed by atoms with Gasteiger partial charge in [-0.05, 0) is 43.2 Å². The second-order valence-corrected chi connectivity index (χ2v) is 8.54. The molecule has 0 radical (unpaired) electrons. The average Bonchev–Trinajstić information content (AvgIpc) is 3.21. The molecule has 0 aliphatic carbocycles. The van der Waals surface area contributed by atoms with Crippen LogP contribution in [0, 0.1) is 6.92 Å². The van der Waals surface area contributed by atoms with Crippen LogP contribution in [0.25, 0.3) is 10.7 Å². The summed E-state index contributed by atoms with van der Waals surface area (Å²) in [7, 11) is 0. The Bertz CT molecular complexity index is 974. The van der Waals surface area contributed by atoms with Crippen molar-refractivity contribution in [2.45, 2.75) is 19.9 Å². The Balaban J connectivity index is 1.49. The van der Waals surface area contributed by atoms with E-state index in [2.05, 4.69) is 19.9 Å². The van der Waals surface area contributed by atoms with Gasteiger partial charge in [0.1, 0.15) is 9.88 Å². The Morgan fingerprint density at radius 3 is 2.71 bits per heavy atom. The molecule has 7 nitrogen and oxygen atoms in total. The van der Waals surface area contributed by atoms with E-state index in [1.807, 2.05) is 42.2 Å². The first-order chi connectivity index (χ1) is 15.2. The molecule has 0 N–H and O–H groups in total. The highest BCUT2D eigenvalue weighted by molar-refractivity contribution is 7.17. The van der Waals surface area contributed by atoms with Crippen LogP contribution in [0.1, 0.15) is 27.3 Å². The lowest BCUT2D eigenvalue weighted by Crippen LogP contribution is -2.39. The predicted molar refractivity (Wildman–Crippen MR) is 121 cm³/mol. The molecule has 1 aliphatic heterocycles. The van der Waals surface area contributed by atoms with Gasteiger partial charge in [0.05, 0.1) is 24.6 Å². The lowest BCUT2D eigenvalue weighted by molar-refractivity contribution is 0.0356. The standard InChI is InChI=1S/C23H27N5O2S/c1-18-21(31-22(26-18)20-5-2-3-8-25-20)23(29)28(17-19-6-9-24-10-7-19)12-4-11-27-13-15-30-16-14-27/h2-3,5-10H,4,11-17H2,1H3. The largest absolute Gasteiger partial charge is 0.379 e. The maximum atomic E-state index is 13.5. The summed E-state index contributed by atoms with van der Waals surface area (Å²) in [4.78, 5) is 31.6. The van der Waals surface area contributed by atoms with Crippen LogP contribution in [0.3, 0.4) is 0 Å². The van der Waals surface area contributed by atoms with Gasteiger partial charge < -0.3 is 9.64 Å². The summed E-state index contributed by atoms with van der Waals surface area (Å²) in [6.45, 7) is 7.60. The van der Waals surface area contributed by atoms with Crippen LogP contribution in [-0.4, -0.2) is 70.1 Å². The fraction of sp³-hybridized carbons (Fsp3) is 0.391. The van der Waals surface area contributed by atoms with Crippen molar-refractivity contribution in [2.24, 2.45) is 0 Å². The second kappa shape index (κ2) is 10.6. The number of carbonyl (C=O) groups excluding carboxylic acids is 1. The SMILES string of the molecule is Cc1nc(-c2ccccn2)sc1C(=O)N(CCCN1CCOCC1)Cc1ccncc1. The smallest absolute Gasteiger partial charge is 0.266 e. The highest BCUT2D eigenvalue weighted by Crippen LogP contribution is 2.28. The fourth-order valence-electron chi connectivity index (χ4n) is 3.61. The number of nitrogens with zero attached hydrogens (tertiary/aromatic N) is 5. The van der Waals surface area contributed by atoms with Gasteiger partial charge in [-0.3, -0.25) is 19.7 Å². The summed E-state index contributed by atoms with van der Waals surface area (Å²) >= 11 is 1.42. The van der Waals surface area contributed by atoms with E-state index in [1.54, 1.807) is 18.6 Å². The Morgan fingerprint density at radius 2 is 1.97 bits per heavy atom. The summed E-state index contributed by atoms with van der Waals surface area (Å²) in [5.41, 5.74) is 2.62. The van der Waals surface area contributed by atoms with Gasteiger partial charge >= 0.3 is 0 Å². The minimum Gasteiger partial charge on any atom is -0.379 e. The summed E-state index contributed by atoms with van der Waals surface area (Å²) in [6, 6.07) is 9.65. The number of amides is 1. The van der Waals surface area contributed by atoms with Crippen LogP contribution in [0.2, 0.25) is 0 Å².